The van der Waals surface area contributed by atoms with E-state index in [0.717, 1.165) is 34.3 Å². The molecule has 3 aromatic rings. The number of hydrogen-bond donors (Lipinski definition) is 0. The van der Waals surface area contributed by atoms with Crippen molar-refractivity contribution in [1.82, 2.24) is 15.2 Å². The molecule has 1 aromatic carbocycles. The van der Waals surface area contributed by atoms with Gasteiger partial charge in [-0.2, -0.15) is 0 Å². The molecule has 0 aliphatic carbocycles. The average Bonchev–Trinajstić information content (AvgIpc) is 3.35. The van der Waals surface area contributed by atoms with Crippen LogP contribution in [0.3, 0.4) is 0 Å². The summed E-state index contributed by atoms with van der Waals surface area (Å²) in [4.78, 5) is 14.7. The van der Waals surface area contributed by atoms with Gasteiger partial charge in [0.05, 0.1) is 6.04 Å². The lowest BCUT2D eigenvalue weighted by atomic mass is 10.1. The zero-order valence-electron chi connectivity index (χ0n) is 13.6. The maximum atomic E-state index is 12.9. The van der Waals surface area contributed by atoms with Crippen molar-refractivity contribution in [3.63, 3.8) is 0 Å². The van der Waals surface area contributed by atoms with Crippen molar-refractivity contribution < 1.29 is 13.8 Å². The molecule has 0 bridgehead atoms. The van der Waals surface area contributed by atoms with E-state index in [1.165, 1.54) is 0 Å². The Bertz CT molecular complexity index is 900. The standard InChI is InChI=1S/C18H16BrN3O3/c1-11-9-14(20-24-11)16-3-2-8-22(16)18(23)15-10-17(25-21-15)12-4-6-13(19)7-5-12/h4-7,9-10,16H,2-3,8H2,1H3/t16-/m1/s1. The van der Waals surface area contributed by atoms with Gasteiger partial charge in [0.25, 0.3) is 5.91 Å². The van der Waals surface area contributed by atoms with Crippen molar-refractivity contribution in [2.24, 2.45) is 0 Å². The second-order valence-corrected chi connectivity index (χ2v) is 7.02. The average molecular weight is 402 g/mol. The monoisotopic (exact) mass is 401 g/mol. The van der Waals surface area contributed by atoms with Crippen molar-refractivity contribution >= 4 is 21.8 Å². The fourth-order valence-electron chi connectivity index (χ4n) is 3.13. The Kier molecular flexibility index (Phi) is 4.17. The van der Waals surface area contributed by atoms with Gasteiger partial charge in [-0.15, -0.1) is 0 Å². The molecule has 4 rings (SSSR count). The molecule has 1 atom stereocenters. The third-order valence-corrected chi connectivity index (χ3v) is 4.89. The summed E-state index contributed by atoms with van der Waals surface area (Å²) in [6.07, 6.45) is 1.80. The molecule has 3 heterocycles. The molecule has 128 valence electrons. The van der Waals surface area contributed by atoms with Crippen LogP contribution in [0.1, 0.15) is 40.8 Å². The SMILES string of the molecule is Cc1cc([C@H]2CCCN2C(=O)c2cc(-c3ccc(Br)cc3)on2)no1. The van der Waals surface area contributed by atoms with Crippen LogP contribution in [-0.4, -0.2) is 27.7 Å². The number of halogens is 1. The van der Waals surface area contributed by atoms with E-state index < -0.39 is 0 Å². The molecule has 2 aromatic heterocycles. The highest BCUT2D eigenvalue weighted by Crippen LogP contribution is 2.33. The minimum Gasteiger partial charge on any atom is -0.361 e. The number of nitrogens with zero attached hydrogens (tertiary/aromatic N) is 3. The molecule has 0 N–H and O–H groups in total. The maximum absolute atomic E-state index is 12.9. The Labute approximate surface area is 152 Å². The Morgan fingerprint density at radius 2 is 2.00 bits per heavy atom. The van der Waals surface area contributed by atoms with Gasteiger partial charge in [0, 0.05) is 28.7 Å². The first-order valence-electron chi connectivity index (χ1n) is 8.08. The molecule has 0 radical (unpaired) electrons. The van der Waals surface area contributed by atoms with E-state index in [9.17, 15) is 4.79 Å². The first-order valence-corrected chi connectivity index (χ1v) is 8.88. The molecule has 0 spiro atoms. The molecule has 0 saturated carbocycles. The maximum Gasteiger partial charge on any atom is 0.276 e. The van der Waals surface area contributed by atoms with Gasteiger partial charge < -0.3 is 13.9 Å². The van der Waals surface area contributed by atoms with Crippen LogP contribution in [0.4, 0.5) is 0 Å². The second-order valence-electron chi connectivity index (χ2n) is 6.10. The van der Waals surface area contributed by atoms with Gasteiger partial charge in [0.1, 0.15) is 11.5 Å². The van der Waals surface area contributed by atoms with E-state index >= 15 is 0 Å². The summed E-state index contributed by atoms with van der Waals surface area (Å²) < 4.78 is 11.5. The number of aryl methyl sites for hydroxylation is 1. The van der Waals surface area contributed by atoms with Gasteiger partial charge in [-0.25, -0.2) is 0 Å². The van der Waals surface area contributed by atoms with Gasteiger partial charge >= 0.3 is 0 Å². The third-order valence-electron chi connectivity index (χ3n) is 4.36. The lowest BCUT2D eigenvalue weighted by Gasteiger charge is -2.21. The van der Waals surface area contributed by atoms with Crippen LogP contribution in [0.2, 0.25) is 0 Å². The van der Waals surface area contributed by atoms with Crippen LogP contribution in [0, 0.1) is 6.92 Å². The minimum absolute atomic E-state index is 0.0715. The predicted octanol–water partition coefficient (Wildman–Crippen LogP) is 4.38. The molecule has 1 aliphatic heterocycles. The number of aromatic nitrogens is 2. The quantitative estimate of drug-likeness (QED) is 0.650. The minimum atomic E-state index is -0.143. The smallest absolute Gasteiger partial charge is 0.276 e. The van der Waals surface area contributed by atoms with Crippen molar-refractivity contribution in [1.29, 1.82) is 0 Å². The van der Waals surface area contributed by atoms with E-state index in [-0.39, 0.29) is 11.9 Å². The number of carbonyl (C=O) groups is 1. The summed E-state index contributed by atoms with van der Waals surface area (Å²) in [6, 6.07) is 11.2. The fraction of sp³-hybridized carbons (Fsp3) is 0.278. The van der Waals surface area contributed by atoms with E-state index in [2.05, 4.69) is 26.2 Å². The second kappa shape index (κ2) is 6.48. The van der Waals surface area contributed by atoms with Crippen molar-refractivity contribution in [3.05, 3.63) is 58.0 Å². The van der Waals surface area contributed by atoms with Crippen LogP contribution >= 0.6 is 15.9 Å². The Morgan fingerprint density at radius 3 is 2.72 bits per heavy atom. The van der Waals surface area contributed by atoms with E-state index in [4.69, 9.17) is 9.05 Å². The third kappa shape index (κ3) is 3.11. The first kappa shape index (κ1) is 16.1. The zero-order chi connectivity index (χ0) is 17.4. The van der Waals surface area contributed by atoms with E-state index in [0.29, 0.717) is 18.0 Å². The van der Waals surface area contributed by atoms with Gasteiger partial charge in [0.2, 0.25) is 0 Å². The largest absolute Gasteiger partial charge is 0.361 e. The topological polar surface area (TPSA) is 72.4 Å². The molecule has 7 heteroatoms. The summed E-state index contributed by atoms with van der Waals surface area (Å²) in [5, 5.41) is 8.04. The van der Waals surface area contributed by atoms with Gasteiger partial charge in [-0.05, 0) is 31.9 Å². The van der Waals surface area contributed by atoms with Crippen molar-refractivity contribution in [3.8, 4) is 11.3 Å². The molecule has 1 aliphatic rings. The van der Waals surface area contributed by atoms with Crippen molar-refractivity contribution in [2.75, 3.05) is 6.54 Å². The highest BCUT2D eigenvalue weighted by atomic mass is 79.9. The number of rotatable bonds is 3. The molecular formula is C18H16BrN3O3. The van der Waals surface area contributed by atoms with Gasteiger partial charge in [0.15, 0.2) is 11.5 Å². The normalized spacial score (nSPS) is 17.2. The molecule has 6 nitrogen and oxygen atoms in total. The van der Waals surface area contributed by atoms with Crippen LogP contribution < -0.4 is 0 Å². The molecule has 0 unspecified atom stereocenters. The van der Waals surface area contributed by atoms with E-state index in [1.54, 1.807) is 11.0 Å². The Morgan fingerprint density at radius 1 is 1.20 bits per heavy atom. The highest BCUT2D eigenvalue weighted by molar-refractivity contribution is 9.10. The number of likely N-dealkylation sites (tertiary alicyclic amines) is 1. The van der Waals surface area contributed by atoms with Crippen molar-refractivity contribution in [2.45, 2.75) is 25.8 Å². The Hall–Kier alpha value is -2.41. The molecule has 1 fully saturated rings. The molecule has 25 heavy (non-hydrogen) atoms. The summed E-state index contributed by atoms with van der Waals surface area (Å²) in [6.45, 7) is 2.52. The number of hydrogen-bond acceptors (Lipinski definition) is 5. The van der Waals surface area contributed by atoms with Crippen LogP contribution in [0.25, 0.3) is 11.3 Å². The molecule has 1 saturated heterocycles. The van der Waals surface area contributed by atoms with E-state index in [1.807, 2.05) is 37.3 Å². The summed E-state index contributed by atoms with van der Waals surface area (Å²) in [5.74, 6) is 1.17. The fourth-order valence-corrected chi connectivity index (χ4v) is 3.40. The van der Waals surface area contributed by atoms with Crippen LogP contribution in [0.5, 0.6) is 0 Å². The number of carbonyl (C=O) groups excluding carboxylic acids is 1. The predicted molar refractivity (Wildman–Crippen MR) is 93.9 cm³/mol. The van der Waals surface area contributed by atoms with Crippen LogP contribution in [0.15, 0.2) is 49.9 Å². The summed E-state index contributed by atoms with van der Waals surface area (Å²) in [5.41, 5.74) is 1.98. The van der Waals surface area contributed by atoms with Gasteiger partial charge in [-0.1, -0.05) is 38.4 Å². The lowest BCUT2D eigenvalue weighted by Crippen LogP contribution is -2.30. The highest BCUT2D eigenvalue weighted by Gasteiger charge is 2.34. The molecular weight excluding hydrogens is 386 g/mol. The Balaban J connectivity index is 1.57. The first-order chi connectivity index (χ1) is 12.1. The number of amides is 1. The molecule has 1 amide bonds. The van der Waals surface area contributed by atoms with Gasteiger partial charge in [-0.3, -0.25) is 4.79 Å². The summed E-state index contributed by atoms with van der Waals surface area (Å²) >= 11 is 3.40. The lowest BCUT2D eigenvalue weighted by molar-refractivity contribution is 0.0720. The number of benzene rings is 1. The summed E-state index contributed by atoms with van der Waals surface area (Å²) in [7, 11) is 0. The zero-order valence-corrected chi connectivity index (χ0v) is 15.2. The van der Waals surface area contributed by atoms with Crippen LogP contribution in [-0.2, 0) is 0 Å².